The first-order valence-electron chi connectivity index (χ1n) is 27.4. The zero-order chi connectivity index (χ0) is 53.0. The fourth-order valence-electron chi connectivity index (χ4n) is 12.3. The van der Waals surface area contributed by atoms with Crippen molar-refractivity contribution in [2.45, 2.75) is 112 Å². The first kappa shape index (κ1) is 47.9. The standard InChI is InChI=1S/C71H68BN3O/c1-43-36-63-67-64(37-43)75(50-27-18-44(19-28-50)45-20-33-54-53-16-14-15-17-65(53)76-66(54)38-45)62-42-61-56(55-39-48(70(8,9)10)25-34-59(55)73(61)51-29-21-46(22-30-51)68(2,3)4)41-58(62)72(67)57-40-49(71(11,12)13)26-35-60(57)74(63)52-31-23-47(24-32-52)69(5,6)7/h14-42H,1-13H3. The second-order valence-electron chi connectivity index (χ2n) is 26.0. The summed E-state index contributed by atoms with van der Waals surface area (Å²) in [7, 11) is 0. The molecule has 5 heteroatoms. The second kappa shape index (κ2) is 16.6. The summed E-state index contributed by atoms with van der Waals surface area (Å²) in [6.45, 7) is 30.0. The Bertz CT molecular complexity index is 4140. The van der Waals surface area contributed by atoms with Crippen LogP contribution >= 0.6 is 0 Å². The maximum Gasteiger partial charge on any atom is 0.252 e. The van der Waals surface area contributed by atoms with Gasteiger partial charge in [-0.15, -0.1) is 0 Å². The molecule has 13 rings (SSSR count). The number of furan rings is 1. The first-order valence-corrected chi connectivity index (χ1v) is 27.4. The van der Waals surface area contributed by atoms with Crippen molar-refractivity contribution in [3.63, 3.8) is 0 Å². The van der Waals surface area contributed by atoms with E-state index in [9.17, 15) is 0 Å². The SMILES string of the molecule is Cc1cc2c3c(c1)N(c1ccc(-c4ccc5c(c4)oc4ccccc45)cc1)c1cc4c(cc1B3c1cc(C(C)(C)C)ccc1N2c1ccc(C(C)(C)C)cc1)c1cc(C(C)(C)C)ccc1n4-c1ccc(C(C)(C)C)cc1. The van der Waals surface area contributed by atoms with Gasteiger partial charge in [-0.1, -0.05) is 168 Å². The van der Waals surface area contributed by atoms with Crippen molar-refractivity contribution < 1.29 is 4.42 Å². The lowest BCUT2D eigenvalue weighted by atomic mass is 9.33. The highest BCUT2D eigenvalue weighted by Crippen LogP contribution is 2.48. The quantitative estimate of drug-likeness (QED) is 0.164. The molecule has 2 aliphatic rings. The van der Waals surface area contributed by atoms with Crippen molar-refractivity contribution in [1.82, 2.24) is 4.57 Å². The van der Waals surface area contributed by atoms with Gasteiger partial charge in [0, 0.05) is 61.4 Å². The summed E-state index contributed by atoms with van der Waals surface area (Å²) in [6, 6.07) is 67.3. The van der Waals surface area contributed by atoms with E-state index in [1.165, 1.54) is 88.8 Å². The van der Waals surface area contributed by atoms with Crippen LogP contribution < -0.4 is 26.2 Å². The molecule has 0 atom stereocenters. The highest BCUT2D eigenvalue weighted by atomic mass is 16.3. The Morgan fingerprint density at radius 2 is 0.855 bits per heavy atom. The van der Waals surface area contributed by atoms with Crippen LogP contribution in [0, 0.1) is 6.92 Å². The zero-order valence-electron chi connectivity index (χ0n) is 46.6. The van der Waals surface area contributed by atoms with Gasteiger partial charge in [-0.2, -0.15) is 0 Å². The Labute approximate surface area is 449 Å². The Balaban J connectivity index is 1.10. The van der Waals surface area contributed by atoms with Crippen LogP contribution in [0.2, 0.25) is 0 Å². The van der Waals surface area contributed by atoms with Gasteiger partial charge in [0.05, 0.1) is 11.0 Å². The molecule has 0 amide bonds. The number of nitrogens with zero attached hydrogens (tertiary/aromatic N) is 3. The van der Waals surface area contributed by atoms with Crippen molar-refractivity contribution in [1.29, 1.82) is 0 Å². The molecule has 2 aliphatic heterocycles. The van der Waals surface area contributed by atoms with Crippen LogP contribution in [0.1, 0.15) is 111 Å². The van der Waals surface area contributed by atoms with E-state index >= 15 is 0 Å². The number of hydrogen-bond donors (Lipinski definition) is 0. The second-order valence-corrected chi connectivity index (χ2v) is 26.0. The minimum absolute atomic E-state index is 0.0299. The van der Waals surface area contributed by atoms with Crippen LogP contribution in [0.15, 0.2) is 180 Å². The van der Waals surface area contributed by atoms with E-state index in [2.05, 4.69) is 274 Å². The zero-order valence-corrected chi connectivity index (χ0v) is 46.6. The van der Waals surface area contributed by atoms with E-state index in [1.807, 2.05) is 6.07 Å². The van der Waals surface area contributed by atoms with Crippen molar-refractivity contribution in [3.8, 4) is 16.8 Å². The van der Waals surface area contributed by atoms with Crippen LogP contribution in [0.3, 0.4) is 0 Å². The molecular formula is C71H68BN3O. The molecule has 11 aromatic rings. The minimum Gasteiger partial charge on any atom is -0.456 e. The Morgan fingerprint density at radius 3 is 1.49 bits per heavy atom. The third-order valence-corrected chi connectivity index (χ3v) is 16.6. The predicted octanol–water partition coefficient (Wildman–Crippen LogP) is 17.9. The normalized spacial score (nSPS) is 13.8. The van der Waals surface area contributed by atoms with Gasteiger partial charge in [0.15, 0.2) is 0 Å². The van der Waals surface area contributed by atoms with Gasteiger partial charge in [0.1, 0.15) is 11.2 Å². The predicted molar refractivity (Wildman–Crippen MR) is 327 cm³/mol. The molecule has 0 aliphatic carbocycles. The van der Waals surface area contributed by atoms with E-state index in [-0.39, 0.29) is 28.4 Å². The average Bonchev–Trinajstić information content (AvgIpc) is 4.02. The molecule has 2 aromatic heterocycles. The summed E-state index contributed by atoms with van der Waals surface area (Å²) in [5.41, 5.74) is 25.3. The average molecular weight is 990 g/mol. The van der Waals surface area contributed by atoms with Gasteiger partial charge in [-0.3, -0.25) is 0 Å². The van der Waals surface area contributed by atoms with Gasteiger partial charge in [0.2, 0.25) is 0 Å². The highest BCUT2D eigenvalue weighted by molar-refractivity contribution is 7.00. The maximum atomic E-state index is 6.40. The molecule has 0 bridgehead atoms. The molecule has 9 aromatic carbocycles. The van der Waals surface area contributed by atoms with Gasteiger partial charge in [0.25, 0.3) is 6.71 Å². The fourth-order valence-corrected chi connectivity index (χ4v) is 12.3. The van der Waals surface area contributed by atoms with E-state index < -0.39 is 0 Å². The number of fused-ring (bicyclic) bond motifs is 10. The minimum atomic E-state index is -0.0614. The summed E-state index contributed by atoms with van der Waals surface area (Å²) in [4.78, 5) is 5.13. The van der Waals surface area contributed by atoms with Crippen molar-refractivity contribution in [2.75, 3.05) is 9.80 Å². The highest BCUT2D eigenvalue weighted by Gasteiger charge is 2.44. The first-order chi connectivity index (χ1) is 36.1. The summed E-state index contributed by atoms with van der Waals surface area (Å²) in [5, 5.41) is 4.82. The molecule has 0 spiro atoms. The number of benzene rings is 9. The number of aryl methyl sites for hydroxylation is 1. The summed E-state index contributed by atoms with van der Waals surface area (Å²) < 4.78 is 8.92. The lowest BCUT2D eigenvalue weighted by Gasteiger charge is -2.45. The van der Waals surface area contributed by atoms with E-state index in [4.69, 9.17) is 4.42 Å². The number of anilines is 6. The summed E-state index contributed by atoms with van der Waals surface area (Å²) in [5.74, 6) is 0. The monoisotopic (exact) mass is 990 g/mol. The van der Waals surface area contributed by atoms with Crippen molar-refractivity contribution in [2.24, 2.45) is 0 Å². The molecule has 0 fully saturated rings. The topological polar surface area (TPSA) is 24.6 Å². The summed E-state index contributed by atoms with van der Waals surface area (Å²) >= 11 is 0. The van der Waals surface area contributed by atoms with Gasteiger partial charge >= 0.3 is 0 Å². The van der Waals surface area contributed by atoms with Crippen LogP contribution in [0.25, 0.3) is 60.6 Å². The van der Waals surface area contributed by atoms with E-state index in [0.29, 0.717) is 0 Å². The molecular weight excluding hydrogens is 922 g/mol. The van der Waals surface area contributed by atoms with Crippen LogP contribution in [0.4, 0.5) is 34.1 Å². The number of rotatable bonds is 4. The van der Waals surface area contributed by atoms with Crippen LogP contribution in [-0.2, 0) is 21.7 Å². The molecule has 4 nitrogen and oxygen atoms in total. The lowest BCUT2D eigenvalue weighted by Crippen LogP contribution is -2.61. The number of para-hydroxylation sites is 1. The van der Waals surface area contributed by atoms with Gasteiger partial charge < -0.3 is 18.8 Å². The number of hydrogen-bond acceptors (Lipinski definition) is 3. The van der Waals surface area contributed by atoms with Gasteiger partial charge in [-0.05, 0) is 175 Å². The number of aromatic nitrogens is 1. The third kappa shape index (κ3) is 7.63. The van der Waals surface area contributed by atoms with E-state index in [0.717, 1.165) is 50.1 Å². The van der Waals surface area contributed by atoms with Crippen LogP contribution in [0.5, 0.6) is 0 Å². The molecule has 0 saturated heterocycles. The van der Waals surface area contributed by atoms with Crippen molar-refractivity contribution in [3.05, 3.63) is 204 Å². The summed E-state index contributed by atoms with van der Waals surface area (Å²) in [6.07, 6.45) is 0. The Morgan fingerprint density at radius 1 is 0.355 bits per heavy atom. The smallest absolute Gasteiger partial charge is 0.252 e. The third-order valence-electron chi connectivity index (χ3n) is 16.6. The maximum absolute atomic E-state index is 6.40. The lowest BCUT2D eigenvalue weighted by molar-refractivity contribution is 0.590. The molecule has 0 saturated carbocycles. The largest absolute Gasteiger partial charge is 0.456 e. The molecule has 4 heterocycles. The van der Waals surface area contributed by atoms with Crippen LogP contribution in [-0.4, -0.2) is 11.3 Å². The molecule has 376 valence electrons. The molecule has 0 unspecified atom stereocenters. The molecule has 0 radical (unpaired) electrons. The van der Waals surface area contributed by atoms with Crippen molar-refractivity contribution >= 4 is 101 Å². The Hall–Kier alpha value is -7.76. The van der Waals surface area contributed by atoms with Gasteiger partial charge in [-0.25, -0.2) is 0 Å². The molecule has 76 heavy (non-hydrogen) atoms. The fraction of sp³-hybridized carbons (Fsp3) is 0.239. The molecule has 0 N–H and O–H groups in total. The van der Waals surface area contributed by atoms with E-state index in [1.54, 1.807) is 0 Å². The Kier molecular flexibility index (Phi) is 10.5.